The molecule has 82 valence electrons. The van der Waals surface area contributed by atoms with Gasteiger partial charge in [0.05, 0.1) is 0 Å². The van der Waals surface area contributed by atoms with Gasteiger partial charge in [-0.3, -0.25) is 4.98 Å². The van der Waals surface area contributed by atoms with Gasteiger partial charge < -0.3 is 5.32 Å². The Hall–Kier alpha value is -1.10. The second-order valence-corrected chi connectivity index (χ2v) is 4.90. The van der Waals surface area contributed by atoms with E-state index in [4.69, 9.17) is 0 Å². The molecule has 0 bridgehead atoms. The van der Waals surface area contributed by atoms with E-state index >= 15 is 0 Å². The predicted molar refractivity (Wildman–Crippen MR) is 75.4 cm³/mol. The van der Waals surface area contributed by atoms with Crippen LogP contribution >= 0.6 is 22.6 Å². The lowest BCUT2D eigenvalue weighted by atomic mass is 10.1. The van der Waals surface area contributed by atoms with E-state index in [0.717, 1.165) is 5.69 Å². The highest BCUT2D eigenvalue weighted by Gasteiger charge is 2.04. The summed E-state index contributed by atoms with van der Waals surface area (Å²) in [6.45, 7) is 2.15. The van der Waals surface area contributed by atoms with Gasteiger partial charge in [-0.25, -0.2) is 0 Å². The number of hydrogen-bond donors (Lipinski definition) is 1. The second kappa shape index (κ2) is 5.30. The Morgan fingerprint density at radius 2 is 1.94 bits per heavy atom. The third-order valence-electron chi connectivity index (χ3n) is 2.41. The summed E-state index contributed by atoms with van der Waals surface area (Å²) >= 11 is 2.32. The van der Waals surface area contributed by atoms with Crippen molar-refractivity contribution in [3.8, 4) is 0 Å². The van der Waals surface area contributed by atoms with Crippen LogP contribution in [-0.2, 0) is 0 Å². The van der Waals surface area contributed by atoms with E-state index in [1.165, 1.54) is 9.13 Å². The zero-order valence-electron chi connectivity index (χ0n) is 9.02. The molecule has 0 fully saturated rings. The molecule has 0 saturated carbocycles. The average Bonchev–Trinajstić information content (AvgIpc) is 2.30. The fraction of sp³-hybridized carbons (Fsp3) is 0.154. The van der Waals surface area contributed by atoms with Crippen LogP contribution in [-0.4, -0.2) is 4.98 Å². The summed E-state index contributed by atoms with van der Waals surface area (Å²) in [5.41, 5.74) is 2.39. The van der Waals surface area contributed by atoms with Crippen LogP contribution < -0.4 is 5.32 Å². The lowest BCUT2D eigenvalue weighted by Gasteiger charge is -2.15. The Labute approximate surface area is 109 Å². The number of benzene rings is 1. The van der Waals surface area contributed by atoms with Crippen molar-refractivity contribution in [3.63, 3.8) is 0 Å². The van der Waals surface area contributed by atoms with Crippen LogP contribution in [0.25, 0.3) is 0 Å². The number of nitrogens with zero attached hydrogens (tertiary/aromatic N) is 1. The highest BCUT2D eigenvalue weighted by Crippen LogP contribution is 2.19. The molecule has 0 spiro atoms. The SMILES string of the molecule is CC(Nc1cccc(I)c1)c1ccncc1. The van der Waals surface area contributed by atoms with Crippen LogP contribution in [0.3, 0.4) is 0 Å². The van der Waals surface area contributed by atoms with Gasteiger partial charge in [-0.15, -0.1) is 0 Å². The van der Waals surface area contributed by atoms with Crippen LogP contribution in [0.1, 0.15) is 18.5 Å². The first-order valence-corrected chi connectivity index (χ1v) is 6.25. The summed E-state index contributed by atoms with van der Waals surface area (Å²) in [5, 5.41) is 3.47. The third kappa shape index (κ3) is 2.95. The maximum Gasteiger partial charge on any atom is 0.0486 e. The quantitative estimate of drug-likeness (QED) is 0.867. The topological polar surface area (TPSA) is 24.9 Å². The van der Waals surface area contributed by atoms with Crippen LogP contribution in [0.15, 0.2) is 48.8 Å². The monoisotopic (exact) mass is 324 g/mol. The Bertz CT molecular complexity index is 456. The van der Waals surface area contributed by atoms with E-state index in [9.17, 15) is 0 Å². The first-order chi connectivity index (χ1) is 7.75. The van der Waals surface area contributed by atoms with E-state index in [1.807, 2.05) is 24.5 Å². The molecule has 1 heterocycles. The number of hydrogen-bond acceptors (Lipinski definition) is 2. The van der Waals surface area contributed by atoms with Crippen LogP contribution in [0.2, 0.25) is 0 Å². The molecule has 0 saturated heterocycles. The van der Waals surface area contributed by atoms with E-state index in [2.05, 4.69) is 64.1 Å². The van der Waals surface area contributed by atoms with Gasteiger partial charge in [-0.1, -0.05) is 6.07 Å². The predicted octanol–water partition coefficient (Wildman–Crippen LogP) is 3.86. The number of rotatable bonds is 3. The smallest absolute Gasteiger partial charge is 0.0486 e. The highest BCUT2D eigenvalue weighted by molar-refractivity contribution is 14.1. The van der Waals surface area contributed by atoms with E-state index < -0.39 is 0 Å². The largest absolute Gasteiger partial charge is 0.378 e. The summed E-state index contributed by atoms with van der Waals surface area (Å²) in [7, 11) is 0. The molecule has 0 aliphatic rings. The highest BCUT2D eigenvalue weighted by atomic mass is 127. The molecule has 1 aromatic heterocycles. The number of nitrogens with one attached hydrogen (secondary N) is 1. The van der Waals surface area contributed by atoms with Gasteiger partial charge in [0.25, 0.3) is 0 Å². The minimum absolute atomic E-state index is 0.293. The molecule has 1 unspecified atom stereocenters. The maximum absolute atomic E-state index is 4.02. The van der Waals surface area contributed by atoms with Crippen LogP contribution in [0, 0.1) is 3.57 Å². The standard InChI is InChI=1S/C13H13IN2/c1-10(11-5-7-15-8-6-11)16-13-4-2-3-12(14)9-13/h2-10,16H,1H3. The summed E-state index contributed by atoms with van der Waals surface area (Å²) in [6.07, 6.45) is 3.64. The van der Waals surface area contributed by atoms with Crippen molar-refractivity contribution >= 4 is 28.3 Å². The number of aromatic nitrogens is 1. The molecule has 0 aliphatic carbocycles. The van der Waals surface area contributed by atoms with E-state index in [1.54, 1.807) is 0 Å². The summed E-state index contributed by atoms with van der Waals surface area (Å²) in [6, 6.07) is 12.7. The molecule has 2 rings (SSSR count). The minimum Gasteiger partial charge on any atom is -0.378 e. The molecule has 0 aliphatic heterocycles. The fourth-order valence-corrected chi connectivity index (χ4v) is 2.11. The Balaban J connectivity index is 2.11. The molecule has 1 aromatic carbocycles. The van der Waals surface area contributed by atoms with Crippen LogP contribution in [0.5, 0.6) is 0 Å². The average molecular weight is 324 g/mol. The molecule has 3 heteroatoms. The summed E-state index contributed by atoms with van der Waals surface area (Å²) in [5.74, 6) is 0. The zero-order chi connectivity index (χ0) is 11.4. The lowest BCUT2D eigenvalue weighted by molar-refractivity contribution is 0.880. The third-order valence-corrected chi connectivity index (χ3v) is 3.08. The Morgan fingerprint density at radius 3 is 2.62 bits per heavy atom. The van der Waals surface area contributed by atoms with Crippen molar-refractivity contribution in [2.45, 2.75) is 13.0 Å². The van der Waals surface area contributed by atoms with Crippen molar-refractivity contribution < 1.29 is 0 Å². The molecule has 0 radical (unpaired) electrons. The maximum atomic E-state index is 4.02. The van der Waals surface area contributed by atoms with Gasteiger partial charge >= 0.3 is 0 Å². The van der Waals surface area contributed by atoms with Crippen molar-refractivity contribution in [2.75, 3.05) is 5.32 Å². The van der Waals surface area contributed by atoms with Crippen LogP contribution in [0.4, 0.5) is 5.69 Å². The van der Waals surface area contributed by atoms with Gasteiger partial charge in [-0.2, -0.15) is 0 Å². The Morgan fingerprint density at radius 1 is 1.19 bits per heavy atom. The first kappa shape index (κ1) is 11.4. The zero-order valence-corrected chi connectivity index (χ0v) is 11.2. The van der Waals surface area contributed by atoms with Crippen molar-refractivity contribution in [2.24, 2.45) is 0 Å². The summed E-state index contributed by atoms with van der Waals surface area (Å²) < 4.78 is 1.24. The number of pyridine rings is 1. The van der Waals surface area contributed by atoms with Crippen molar-refractivity contribution in [3.05, 3.63) is 57.9 Å². The number of halogens is 1. The fourth-order valence-electron chi connectivity index (χ4n) is 1.56. The molecule has 1 N–H and O–H groups in total. The number of anilines is 1. The lowest BCUT2D eigenvalue weighted by Crippen LogP contribution is -2.06. The van der Waals surface area contributed by atoms with Gasteiger partial charge in [0.15, 0.2) is 0 Å². The van der Waals surface area contributed by atoms with Crippen molar-refractivity contribution in [1.82, 2.24) is 4.98 Å². The normalized spacial score (nSPS) is 12.1. The van der Waals surface area contributed by atoms with Gasteiger partial charge in [-0.05, 0) is 65.4 Å². The molecule has 1 atom stereocenters. The van der Waals surface area contributed by atoms with Gasteiger partial charge in [0.1, 0.15) is 0 Å². The molecular weight excluding hydrogens is 311 g/mol. The molecule has 16 heavy (non-hydrogen) atoms. The molecule has 2 aromatic rings. The van der Waals surface area contributed by atoms with E-state index in [-0.39, 0.29) is 0 Å². The van der Waals surface area contributed by atoms with Crippen molar-refractivity contribution in [1.29, 1.82) is 0 Å². The molecular formula is C13H13IN2. The Kier molecular flexibility index (Phi) is 3.77. The summed E-state index contributed by atoms with van der Waals surface area (Å²) in [4.78, 5) is 4.02. The molecule has 0 amide bonds. The van der Waals surface area contributed by atoms with Gasteiger partial charge in [0, 0.05) is 27.7 Å². The minimum atomic E-state index is 0.293. The molecule has 2 nitrogen and oxygen atoms in total. The second-order valence-electron chi connectivity index (χ2n) is 3.66. The first-order valence-electron chi connectivity index (χ1n) is 5.18. The van der Waals surface area contributed by atoms with Gasteiger partial charge in [0.2, 0.25) is 0 Å². The van der Waals surface area contributed by atoms with E-state index in [0.29, 0.717) is 6.04 Å².